The van der Waals surface area contributed by atoms with Crippen LogP contribution in [0.3, 0.4) is 0 Å². The van der Waals surface area contributed by atoms with E-state index in [4.69, 9.17) is 0 Å². The quantitative estimate of drug-likeness (QED) is 0.819. The highest BCUT2D eigenvalue weighted by molar-refractivity contribution is 4.88. The third-order valence-electron chi connectivity index (χ3n) is 6.03. The van der Waals surface area contributed by atoms with Crippen molar-refractivity contribution in [2.24, 2.45) is 23.7 Å². The van der Waals surface area contributed by atoms with E-state index in [0.717, 1.165) is 36.3 Å². The summed E-state index contributed by atoms with van der Waals surface area (Å²) in [6, 6.07) is 0.769. The highest BCUT2D eigenvalue weighted by Gasteiger charge is 2.32. The fourth-order valence-corrected chi connectivity index (χ4v) is 4.48. The standard InChI is InChI=1S/C19H38N2/c1-5-20-19-9-8-17(15(2)3)13-18(19)14-21-11-6-7-16(4)10-12-21/h15-20H,5-14H2,1-4H3. The molecule has 1 saturated carbocycles. The van der Waals surface area contributed by atoms with Crippen LogP contribution in [0.15, 0.2) is 0 Å². The average Bonchev–Trinajstić information content (AvgIpc) is 2.66. The van der Waals surface area contributed by atoms with Crippen LogP contribution in [0.2, 0.25) is 0 Å². The Morgan fingerprint density at radius 3 is 2.62 bits per heavy atom. The minimum Gasteiger partial charge on any atom is -0.314 e. The van der Waals surface area contributed by atoms with Crippen molar-refractivity contribution in [3.8, 4) is 0 Å². The van der Waals surface area contributed by atoms with Gasteiger partial charge < -0.3 is 10.2 Å². The summed E-state index contributed by atoms with van der Waals surface area (Å²) >= 11 is 0. The Morgan fingerprint density at radius 1 is 1.10 bits per heavy atom. The van der Waals surface area contributed by atoms with Crippen LogP contribution in [0.4, 0.5) is 0 Å². The highest BCUT2D eigenvalue weighted by Crippen LogP contribution is 2.34. The van der Waals surface area contributed by atoms with Crippen LogP contribution in [0.25, 0.3) is 0 Å². The van der Waals surface area contributed by atoms with Gasteiger partial charge in [-0.15, -0.1) is 0 Å². The molecule has 2 rings (SSSR count). The largest absolute Gasteiger partial charge is 0.314 e. The van der Waals surface area contributed by atoms with Crippen LogP contribution in [0.1, 0.15) is 66.2 Å². The van der Waals surface area contributed by atoms with Crippen LogP contribution >= 0.6 is 0 Å². The van der Waals surface area contributed by atoms with Gasteiger partial charge in [0.25, 0.3) is 0 Å². The van der Waals surface area contributed by atoms with Gasteiger partial charge in [-0.3, -0.25) is 0 Å². The minimum atomic E-state index is 0.769. The summed E-state index contributed by atoms with van der Waals surface area (Å²) in [5, 5.41) is 3.78. The van der Waals surface area contributed by atoms with Crippen LogP contribution in [0, 0.1) is 23.7 Å². The van der Waals surface area contributed by atoms with E-state index >= 15 is 0 Å². The van der Waals surface area contributed by atoms with E-state index in [1.54, 1.807) is 0 Å². The second-order valence-corrected chi connectivity index (χ2v) is 8.08. The zero-order valence-electron chi connectivity index (χ0n) is 14.9. The van der Waals surface area contributed by atoms with Gasteiger partial charge in [-0.25, -0.2) is 0 Å². The fraction of sp³-hybridized carbons (Fsp3) is 1.00. The third kappa shape index (κ3) is 5.25. The summed E-state index contributed by atoms with van der Waals surface area (Å²) in [5.41, 5.74) is 0. The molecule has 2 aliphatic rings. The Labute approximate surface area is 133 Å². The summed E-state index contributed by atoms with van der Waals surface area (Å²) < 4.78 is 0. The lowest BCUT2D eigenvalue weighted by molar-refractivity contribution is 0.123. The van der Waals surface area contributed by atoms with E-state index in [1.165, 1.54) is 58.2 Å². The van der Waals surface area contributed by atoms with Crippen LogP contribution in [0.5, 0.6) is 0 Å². The number of nitrogens with one attached hydrogen (secondary N) is 1. The molecule has 2 heteroatoms. The molecule has 0 aromatic rings. The molecule has 1 aliphatic heterocycles. The van der Waals surface area contributed by atoms with Crippen LogP contribution < -0.4 is 5.32 Å². The number of nitrogens with zero attached hydrogens (tertiary/aromatic N) is 1. The summed E-state index contributed by atoms with van der Waals surface area (Å²) in [5.74, 6) is 3.63. The van der Waals surface area contributed by atoms with Crippen molar-refractivity contribution in [3.63, 3.8) is 0 Å². The van der Waals surface area contributed by atoms with Crippen LogP contribution in [-0.4, -0.2) is 37.1 Å². The second kappa shape index (κ2) is 8.53. The van der Waals surface area contributed by atoms with Crippen molar-refractivity contribution in [3.05, 3.63) is 0 Å². The topological polar surface area (TPSA) is 15.3 Å². The molecule has 2 nitrogen and oxygen atoms in total. The zero-order valence-corrected chi connectivity index (χ0v) is 14.9. The molecule has 0 amide bonds. The molecule has 4 unspecified atom stereocenters. The third-order valence-corrected chi connectivity index (χ3v) is 6.03. The molecule has 1 aliphatic carbocycles. The first-order valence-electron chi connectivity index (χ1n) is 9.55. The molecule has 124 valence electrons. The molecule has 21 heavy (non-hydrogen) atoms. The smallest absolute Gasteiger partial charge is 0.0108 e. The molecule has 1 saturated heterocycles. The maximum Gasteiger partial charge on any atom is 0.0108 e. The molecular formula is C19H38N2. The molecule has 0 spiro atoms. The van der Waals surface area contributed by atoms with Gasteiger partial charge in [-0.05, 0) is 81.8 Å². The van der Waals surface area contributed by atoms with Crippen molar-refractivity contribution in [2.45, 2.75) is 72.3 Å². The average molecular weight is 295 g/mol. The summed E-state index contributed by atoms with van der Waals surface area (Å²) in [7, 11) is 0. The summed E-state index contributed by atoms with van der Waals surface area (Å²) in [4.78, 5) is 2.78. The van der Waals surface area contributed by atoms with E-state index in [2.05, 4.69) is 37.9 Å². The number of rotatable bonds is 5. The van der Waals surface area contributed by atoms with Gasteiger partial charge in [0.2, 0.25) is 0 Å². The Kier molecular flexibility index (Phi) is 7.01. The predicted octanol–water partition coefficient (Wildman–Crippen LogP) is 4.16. The molecule has 4 atom stereocenters. The molecule has 1 heterocycles. The lowest BCUT2D eigenvalue weighted by atomic mass is 9.73. The number of likely N-dealkylation sites (tertiary alicyclic amines) is 1. The first-order valence-corrected chi connectivity index (χ1v) is 9.55. The Bertz CT molecular complexity index is 289. The lowest BCUT2D eigenvalue weighted by Gasteiger charge is -2.40. The number of hydrogen-bond donors (Lipinski definition) is 1. The lowest BCUT2D eigenvalue weighted by Crippen LogP contribution is -2.46. The van der Waals surface area contributed by atoms with E-state index in [9.17, 15) is 0 Å². The Balaban J connectivity index is 1.91. The first kappa shape index (κ1) is 17.3. The molecule has 0 radical (unpaired) electrons. The van der Waals surface area contributed by atoms with Crippen molar-refractivity contribution >= 4 is 0 Å². The minimum absolute atomic E-state index is 0.769. The molecular weight excluding hydrogens is 256 g/mol. The van der Waals surface area contributed by atoms with Gasteiger partial charge >= 0.3 is 0 Å². The molecule has 2 fully saturated rings. The van der Waals surface area contributed by atoms with Crippen LogP contribution in [-0.2, 0) is 0 Å². The van der Waals surface area contributed by atoms with Crippen molar-refractivity contribution in [2.75, 3.05) is 26.2 Å². The first-order chi connectivity index (χ1) is 10.1. The maximum absolute atomic E-state index is 3.78. The van der Waals surface area contributed by atoms with E-state index < -0.39 is 0 Å². The van der Waals surface area contributed by atoms with Crippen molar-refractivity contribution < 1.29 is 0 Å². The van der Waals surface area contributed by atoms with Gasteiger partial charge in [-0.1, -0.05) is 27.7 Å². The van der Waals surface area contributed by atoms with E-state index in [1.807, 2.05) is 0 Å². The SMILES string of the molecule is CCNC1CCC(C(C)C)CC1CN1CCCC(C)CC1. The summed E-state index contributed by atoms with van der Waals surface area (Å²) in [6.45, 7) is 14.7. The van der Waals surface area contributed by atoms with Crippen molar-refractivity contribution in [1.82, 2.24) is 10.2 Å². The molecule has 0 bridgehead atoms. The Morgan fingerprint density at radius 2 is 1.90 bits per heavy atom. The van der Waals surface area contributed by atoms with Gasteiger partial charge in [0, 0.05) is 12.6 Å². The maximum atomic E-state index is 3.78. The monoisotopic (exact) mass is 294 g/mol. The fourth-order valence-electron chi connectivity index (χ4n) is 4.48. The molecule has 1 N–H and O–H groups in total. The van der Waals surface area contributed by atoms with Gasteiger partial charge in [0.15, 0.2) is 0 Å². The predicted molar refractivity (Wildman–Crippen MR) is 92.6 cm³/mol. The number of hydrogen-bond acceptors (Lipinski definition) is 2. The second-order valence-electron chi connectivity index (χ2n) is 8.08. The summed E-state index contributed by atoms with van der Waals surface area (Å²) in [6.07, 6.45) is 8.53. The van der Waals surface area contributed by atoms with E-state index in [-0.39, 0.29) is 0 Å². The molecule has 0 aromatic heterocycles. The van der Waals surface area contributed by atoms with Gasteiger partial charge in [-0.2, -0.15) is 0 Å². The zero-order chi connectivity index (χ0) is 15.2. The Hall–Kier alpha value is -0.0800. The normalized spacial score (nSPS) is 35.9. The highest BCUT2D eigenvalue weighted by atomic mass is 15.1. The van der Waals surface area contributed by atoms with Crippen molar-refractivity contribution in [1.29, 1.82) is 0 Å². The van der Waals surface area contributed by atoms with Gasteiger partial charge in [0.1, 0.15) is 0 Å². The molecule has 0 aromatic carbocycles. The van der Waals surface area contributed by atoms with E-state index in [0.29, 0.717) is 0 Å². The van der Waals surface area contributed by atoms with Gasteiger partial charge in [0.05, 0.1) is 0 Å².